The number of ketones is 1. The number of Topliss-reactive ketones (excluding diaryl/α,β-unsaturated/α-hetero) is 1. The van der Waals surface area contributed by atoms with Gasteiger partial charge in [-0.3, -0.25) is 4.79 Å². The highest BCUT2D eigenvalue weighted by Crippen LogP contribution is 2.31. The van der Waals surface area contributed by atoms with E-state index in [0.29, 0.717) is 18.2 Å². The minimum Gasteiger partial charge on any atom is -0.330 e. The zero-order valence-corrected chi connectivity index (χ0v) is 11.0. The highest BCUT2D eigenvalue weighted by molar-refractivity contribution is 5.81. The van der Waals surface area contributed by atoms with Gasteiger partial charge in [-0.25, -0.2) is 0 Å². The van der Waals surface area contributed by atoms with Crippen LogP contribution in [0.5, 0.6) is 0 Å². The van der Waals surface area contributed by atoms with Crippen LogP contribution in [0.3, 0.4) is 0 Å². The molecule has 0 heterocycles. The third-order valence-electron chi connectivity index (χ3n) is 3.96. The Bertz CT molecular complexity index is 237. The number of carbonyl (C=O) groups excluding carboxylic acids is 1. The van der Waals surface area contributed by atoms with E-state index in [9.17, 15) is 4.79 Å². The van der Waals surface area contributed by atoms with Gasteiger partial charge in [-0.2, -0.15) is 0 Å². The van der Waals surface area contributed by atoms with Gasteiger partial charge in [-0.15, -0.1) is 6.58 Å². The van der Waals surface area contributed by atoms with Gasteiger partial charge in [0.05, 0.1) is 0 Å². The van der Waals surface area contributed by atoms with E-state index in [1.165, 1.54) is 19.3 Å². The first-order chi connectivity index (χ1) is 8.29. The van der Waals surface area contributed by atoms with E-state index in [0.717, 1.165) is 38.5 Å². The third-order valence-corrected chi connectivity index (χ3v) is 3.96. The van der Waals surface area contributed by atoms with Gasteiger partial charge in [0, 0.05) is 12.3 Å². The predicted molar refractivity (Wildman–Crippen MR) is 72.8 cm³/mol. The number of unbranched alkanes of at least 4 members (excludes halogenated alkanes) is 3. The third kappa shape index (κ3) is 5.03. The molecule has 2 nitrogen and oxygen atoms in total. The Hall–Kier alpha value is -0.630. The van der Waals surface area contributed by atoms with E-state index in [2.05, 4.69) is 6.58 Å². The molecule has 0 aliphatic heterocycles. The molecule has 0 radical (unpaired) electrons. The predicted octanol–water partition coefficient (Wildman–Crippen LogP) is 3.46. The smallest absolute Gasteiger partial charge is 0.136 e. The van der Waals surface area contributed by atoms with Crippen molar-refractivity contribution in [3.63, 3.8) is 0 Å². The largest absolute Gasteiger partial charge is 0.330 e. The Morgan fingerprint density at radius 3 is 2.71 bits per heavy atom. The molecule has 2 heteroatoms. The van der Waals surface area contributed by atoms with Crippen molar-refractivity contribution in [3.05, 3.63) is 12.7 Å². The molecule has 0 aromatic carbocycles. The van der Waals surface area contributed by atoms with E-state index in [1.807, 2.05) is 6.08 Å². The zero-order chi connectivity index (χ0) is 12.5. The second-order valence-corrected chi connectivity index (χ2v) is 5.24. The van der Waals surface area contributed by atoms with E-state index < -0.39 is 0 Å². The average Bonchev–Trinajstić information content (AvgIpc) is 2.38. The molecule has 0 aromatic rings. The first kappa shape index (κ1) is 14.4. The molecule has 2 atom stereocenters. The van der Waals surface area contributed by atoms with E-state index >= 15 is 0 Å². The second-order valence-electron chi connectivity index (χ2n) is 5.24. The van der Waals surface area contributed by atoms with Crippen molar-refractivity contribution in [1.82, 2.24) is 0 Å². The number of nitrogens with two attached hydrogens (primary N) is 1. The first-order valence-corrected chi connectivity index (χ1v) is 7.13. The Labute approximate surface area is 106 Å². The van der Waals surface area contributed by atoms with Crippen LogP contribution >= 0.6 is 0 Å². The fourth-order valence-electron chi connectivity index (χ4n) is 2.86. The number of allylic oxidation sites excluding steroid dienone is 1. The summed E-state index contributed by atoms with van der Waals surface area (Å²) in [6.07, 6.45) is 11.8. The summed E-state index contributed by atoms with van der Waals surface area (Å²) in [6, 6.07) is 0. The van der Waals surface area contributed by atoms with Gasteiger partial charge in [0.15, 0.2) is 0 Å². The van der Waals surface area contributed by atoms with Crippen molar-refractivity contribution in [3.8, 4) is 0 Å². The lowest BCUT2D eigenvalue weighted by molar-refractivity contribution is -0.125. The Balaban J connectivity index is 2.23. The maximum Gasteiger partial charge on any atom is 0.136 e. The lowest BCUT2D eigenvalue weighted by atomic mass is 9.76. The van der Waals surface area contributed by atoms with Crippen molar-refractivity contribution in [1.29, 1.82) is 0 Å². The Kier molecular flexibility index (Phi) is 7.18. The highest BCUT2D eigenvalue weighted by atomic mass is 16.1. The molecule has 0 bridgehead atoms. The van der Waals surface area contributed by atoms with E-state index in [1.54, 1.807) is 0 Å². The molecule has 2 unspecified atom stereocenters. The molecule has 1 aliphatic carbocycles. The standard InChI is InChI=1S/C15H27NO/c1-2-3-4-5-6-11-15(17)14-10-8-7-9-13(14)12-16/h2,13-14H,1,3-12,16H2. The Morgan fingerprint density at radius 1 is 1.24 bits per heavy atom. The molecule has 17 heavy (non-hydrogen) atoms. The lowest BCUT2D eigenvalue weighted by Gasteiger charge is -2.29. The number of rotatable bonds is 8. The molecule has 0 aromatic heterocycles. The monoisotopic (exact) mass is 237 g/mol. The minimum atomic E-state index is 0.271. The van der Waals surface area contributed by atoms with Crippen LogP contribution in [0.2, 0.25) is 0 Å². The summed E-state index contributed by atoms with van der Waals surface area (Å²) in [7, 11) is 0. The minimum absolute atomic E-state index is 0.271. The normalized spacial score (nSPS) is 24.5. The highest BCUT2D eigenvalue weighted by Gasteiger charge is 2.28. The molecule has 0 saturated heterocycles. The molecule has 1 saturated carbocycles. The maximum atomic E-state index is 12.1. The van der Waals surface area contributed by atoms with Crippen LogP contribution in [0.4, 0.5) is 0 Å². The van der Waals surface area contributed by atoms with Gasteiger partial charge in [0.1, 0.15) is 5.78 Å². The second kappa shape index (κ2) is 8.46. The molecule has 0 amide bonds. The van der Waals surface area contributed by atoms with Crippen molar-refractivity contribution >= 4 is 5.78 Å². The molecular formula is C15H27NO. The number of carbonyl (C=O) groups is 1. The molecular weight excluding hydrogens is 210 g/mol. The molecule has 0 spiro atoms. The van der Waals surface area contributed by atoms with Gasteiger partial charge in [-0.1, -0.05) is 25.3 Å². The van der Waals surface area contributed by atoms with Crippen molar-refractivity contribution in [2.24, 2.45) is 17.6 Å². The van der Waals surface area contributed by atoms with Crippen LogP contribution in [-0.2, 0) is 4.79 Å². The van der Waals surface area contributed by atoms with Crippen molar-refractivity contribution < 1.29 is 4.79 Å². The number of hydrogen-bond donors (Lipinski definition) is 1. The van der Waals surface area contributed by atoms with E-state index in [4.69, 9.17) is 5.73 Å². The fraction of sp³-hybridized carbons (Fsp3) is 0.800. The summed E-state index contributed by atoms with van der Waals surface area (Å²) in [5.41, 5.74) is 5.76. The fourth-order valence-corrected chi connectivity index (χ4v) is 2.86. The van der Waals surface area contributed by atoms with Gasteiger partial charge >= 0.3 is 0 Å². The van der Waals surface area contributed by atoms with E-state index in [-0.39, 0.29) is 5.92 Å². The van der Waals surface area contributed by atoms with Crippen molar-refractivity contribution in [2.45, 2.75) is 57.8 Å². The summed E-state index contributed by atoms with van der Waals surface area (Å²) in [5.74, 6) is 1.20. The summed E-state index contributed by atoms with van der Waals surface area (Å²) in [4.78, 5) is 12.1. The average molecular weight is 237 g/mol. The van der Waals surface area contributed by atoms with Crippen LogP contribution in [0, 0.1) is 11.8 Å². The van der Waals surface area contributed by atoms with Crippen LogP contribution in [0.25, 0.3) is 0 Å². The SMILES string of the molecule is C=CCCCCCC(=O)C1CCCCC1CN. The van der Waals surface area contributed by atoms with Crippen LogP contribution in [0.15, 0.2) is 12.7 Å². The topological polar surface area (TPSA) is 43.1 Å². The maximum absolute atomic E-state index is 12.1. The quantitative estimate of drug-likeness (QED) is 0.519. The van der Waals surface area contributed by atoms with Gasteiger partial charge < -0.3 is 5.73 Å². The van der Waals surface area contributed by atoms with Gasteiger partial charge in [0.2, 0.25) is 0 Å². The van der Waals surface area contributed by atoms with Gasteiger partial charge in [-0.05, 0) is 44.6 Å². The van der Waals surface area contributed by atoms with Crippen molar-refractivity contribution in [2.75, 3.05) is 6.54 Å². The van der Waals surface area contributed by atoms with Crippen LogP contribution < -0.4 is 5.73 Å². The lowest BCUT2D eigenvalue weighted by Crippen LogP contribution is -2.32. The summed E-state index contributed by atoms with van der Waals surface area (Å²) < 4.78 is 0. The number of hydrogen-bond acceptors (Lipinski definition) is 2. The molecule has 1 rings (SSSR count). The zero-order valence-electron chi connectivity index (χ0n) is 11.0. The Morgan fingerprint density at radius 2 is 2.00 bits per heavy atom. The van der Waals surface area contributed by atoms with Gasteiger partial charge in [0.25, 0.3) is 0 Å². The molecule has 1 aliphatic rings. The molecule has 2 N–H and O–H groups in total. The molecule has 98 valence electrons. The summed E-state index contributed by atoms with van der Waals surface area (Å²) in [5, 5.41) is 0. The molecule has 1 fully saturated rings. The summed E-state index contributed by atoms with van der Waals surface area (Å²) >= 11 is 0. The summed E-state index contributed by atoms with van der Waals surface area (Å²) in [6.45, 7) is 4.39. The van der Waals surface area contributed by atoms with Crippen LogP contribution in [-0.4, -0.2) is 12.3 Å². The van der Waals surface area contributed by atoms with Crippen LogP contribution in [0.1, 0.15) is 57.8 Å². The first-order valence-electron chi connectivity index (χ1n) is 7.13.